The second-order valence-electron chi connectivity index (χ2n) is 5.55. The fourth-order valence-electron chi connectivity index (χ4n) is 2.08. The maximum atomic E-state index is 11.7. The van der Waals surface area contributed by atoms with E-state index in [0.717, 1.165) is 20.7 Å². The monoisotopic (exact) mass is 381 g/mol. The van der Waals surface area contributed by atoms with Crippen LogP contribution >= 0.6 is 27.3 Å². The molecule has 0 saturated carbocycles. The summed E-state index contributed by atoms with van der Waals surface area (Å²) in [6.07, 6.45) is 0. The van der Waals surface area contributed by atoms with E-state index in [1.165, 1.54) is 0 Å². The van der Waals surface area contributed by atoms with Gasteiger partial charge in [-0.3, -0.25) is 9.69 Å². The number of halogens is 1. The number of nitrogens with zero attached hydrogens (tertiary/aromatic N) is 2. The lowest BCUT2D eigenvalue weighted by atomic mass is 10.2. The highest BCUT2D eigenvalue weighted by molar-refractivity contribution is 9.10. The Morgan fingerprint density at radius 3 is 2.91 bits per heavy atom. The van der Waals surface area contributed by atoms with Crippen molar-refractivity contribution in [3.63, 3.8) is 0 Å². The number of hydrogen-bond acceptors (Lipinski definition) is 4. The highest BCUT2D eigenvalue weighted by Gasteiger charge is 2.11. The second-order valence-corrected chi connectivity index (χ2v) is 7.32. The predicted molar refractivity (Wildman–Crippen MR) is 94.9 cm³/mol. The van der Waals surface area contributed by atoms with Gasteiger partial charge in [0.05, 0.1) is 12.2 Å². The van der Waals surface area contributed by atoms with Gasteiger partial charge in [0, 0.05) is 28.0 Å². The van der Waals surface area contributed by atoms with Crippen molar-refractivity contribution in [3.05, 3.63) is 39.8 Å². The lowest BCUT2D eigenvalue weighted by Gasteiger charge is -2.16. The van der Waals surface area contributed by atoms with Gasteiger partial charge in [-0.05, 0) is 33.0 Å². The number of aromatic nitrogens is 1. The van der Waals surface area contributed by atoms with E-state index in [9.17, 15) is 4.79 Å². The van der Waals surface area contributed by atoms with E-state index in [4.69, 9.17) is 0 Å². The first-order valence-electron chi connectivity index (χ1n) is 7.12. The number of likely N-dealkylation sites (N-methyl/N-ethyl adjacent to an activating group) is 1. The van der Waals surface area contributed by atoms with Gasteiger partial charge in [-0.15, -0.1) is 11.3 Å². The van der Waals surface area contributed by atoms with Crippen LogP contribution in [0.4, 0.5) is 0 Å². The van der Waals surface area contributed by atoms with E-state index < -0.39 is 0 Å². The van der Waals surface area contributed by atoms with E-state index in [2.05, 4.69) is 32.3 Å². The second kappa shape index (κ2) is 7.85. The van der Waals surface area contributed by atoms with E-state index in [0.29, 0.717) is 13.1 Å². The van der Waals surface area contributed by atoms with Crippen LogP contribution < -0.4 is 5.32 Å². The first-order chi connectivity index (χ1) is 10.4. The molecule has 0 saturated heterocycles. The molecule has 4 nitrogen and oxygen atoms in total. The third-order valence-corrected chi connectivity index (χ3v) is 4.35. The predicted octanol–water partition coefficient (Wildman–Crippen LogP) is 3.53. The zero-order chi connectivity index (χ0) is 16.1. The van der Waals surface area contributed by atoms with Crippen LogP contribution in [0.5, 0.6) is 0 Å². The summed E-state index contributed by atoms with van der Waals surface area (Å²) in [4.78, 5) is 18.4. The number of benzene rings is 1. The highest BCUT2D eigenvalue weighted by atomic mass is 79.9. The van der Waals surface area contributed by atoms with Crippen LogP contribution in [0.15, 0.2) is 34.1 Å². The molecule has 1 heterocycles. The number of thiazole rings is 1. The fourth-order valence-corrected chi connectivity index (χ4v) is 3.29. The third-order valence-electron chi connectivity index (χ3n) is 2.92. The van der Waals surface area contributed by atoms with Crippen LogP contribution in [0.25, 0.3) is 10.6 Å². The number of nitrogens with one attached hydrogen (secondary N) is 1. The fraction of sp³-hybridized carbons (Fsp3) is 0.375. The molecule has 1 amide bonds. The molecule has 0 fully saturated rings. The summed E-state index contributed by atoms with van der Waals surface area (Å²) in [5, 5.41) is 5.94. The van der Waals surface area contributed by atoms with E-state index >= 15 is 0 Å². The van der Waals surface area contributed by atoms with Crippen molar-refractivity contribution in [2.24, 2.45) is 0 Å². The van der Waals surface area contributed by atoms with Gasteiger partial charge in [0.2, 0.25) is 5.91 Å². The molecular weight excluding hydrogens is 362 g/mol. The topological polar surface area (TPSA) is 45.2 Å². The molecule has 2 rings (SSSR count). The minimum absolute atomic E-state index is 0.0416. The molecule has 0 aliphatic rings. The maximum Gasteiger partial charge on any atom is 0.234 e. The Balaban J connectivity index is 1.96. The smallest absolute Gasteiger partial charge is 0.234 e. The Bertz CT molecular complexity index is 642. The minimum atomic E-state index is 0.0416. The number of carbonyl (C=O) groups excluding carboxylic acids is 1. The quantitative estimate of drug-likeness (QED) is 0.832. The first kappa shape index (κ1) is 17.1. The molecule has 1 aromatic carbocycles. The van der Waals surface area contributed by atoms with Gasteiger partial charge in [-0.2, -0.15) is 0 Å². The first-order valence-corrected chi connectivity index (χ1v) is 8.79. The van der Waals surface area contributed by atoms with Crippen molar-refractivity contribution in [3.8, 4) is 10.6 Å². The van der Waals surface area contributed by atoms with Gasteiger partial charge in [-0.1, -0.05) is 28.1 Å². The number of amides is 1. The Morgan fingerprint density at radius 2 is 2.23 bits per heavy atom. The van der Waals surface area contributed by atoms with Gasteiger partial charge in [0.15, 0.2) is 0 Å². The number of rotatable bonds is 6. The Labute approximate surface area is 143 Å². The summed E-state index contributed by atoms with van der Waals surface area (Å²) in [6, 6.07) is 8.28. The lowest BCUT2D eigenvalue weighted by molar-refractivity contribution is -0.122. The summed E-state index contributed by atoms with van der Waals surface area (Å²) in [6.45, 7) is 4.96. The van der Waals surface area contributed by atoms with Crippen LogP contribution in [-0.2, 0) is 11.3 Å². The highest BCUT2D eigenvalue weighted by Crippen LogP contribution is 2.26. The van der Waals surface area contributed by atoms with Gasteiger partial charge >= 0.3 is 0 Å². The molecule has 0 spiro atoms. The molecule has 0 unspecified atom stereocenters. The van der Waals surface area contributed by atoms with Crippen LogP contribution in [0, 0.1) is 0 Å². The normalized spacial score (nSPS) is 11.2. The van der Waals surface area contributed by atoms with E-state index in [1.807, 2.05) is 49.4 Å². The molecular formula is C16H20BrN3OS. The summed E-state index contributed by atoms with van der Waals surface area (Å²) >= 11 is 5.10. The van der Waals surface area contributed by atoms with Gasteiger partial charge in [0.25, 0.3) is 0 Å². The summed E-state index contributed by atoms with van der Waals surface area (Å²) in [5.74, 6) is 0.0416. The molecule has 6 heteroatoms. The molecule has 0 aliphatic carbocycles. The zero-order valence-corrected chi connectivity index (χ0v) is 15.4. The largest absolute Gasteiger partial charge is 0.353 e. The Morgan fingerprint density at radius 1 is 1.45 bits per heavy atom. The zero-order valence-electron chi connectivity index (χ0n) is 13.0. The van der Waals surface area contributed by atoms with Crippen molar-refractivity contribution in [2.45, 2.75) is 26.4 Å². The van der Waals surface area contributed by atoms with Crippen LogP contribution in [0.1, 0.15) is 19.5 Å². The van der Waals surface area contributed by atoms with Gasteiger partial charge < -0.3 is 5.32 Å². The molecule has 22 heavy (non-hydrogen) atoms. The number of carbonyl (C=O) groups is 1. The van der Waals surface area contributed by atoms with Crippen LogP contribution in [0.3, 0.4) is 0 Å². The molecule has 2 aromatic rings. The molecule has 1 aromatic heterocycles. The summed E-state index contributed by atoms with van der Waals surface area (Å²) < 4.78 is 1.05. The Hall–Kier alpha value is -1.24. The Kier molecular flexibility index (Phi) is 6.11. The number of hydrogen-bond donors (Lipinski definition) is 1. The summed E-state index contributed by atoms with van der Waals surface area (Å²) in [5.41, 5.74) is 2.09. The van der Waals surface area contributed by atoms with Gasteiger partial charge in [-0.25, -0.2) is 4.98 Å². The van der Waals surface area contributed by atoms with Crippen molar-refractivity contribution in [1.82, 2.24) is 15.2 Å². The summed E-state index contributed by atoms with van der Waals surface area (Å²) in [7, 11) is 1.93. The van der Waals surface area contributed by atoms with Crippen molar-refractivity contribution < 1.29 is 4.79 Å². The molecule has 1 N–H and O–H groups in total. The maximum absolute atomic E-state index is 11.7. The van der Waals surface area contributed by atoms with Crippen molar-refractivity contribution >= 4 is 33.2 Å². The van der Waals surface area contributed by atoms with Crippen LogP contribution in [-0.4, -0.2) is 35.4 Å². The van der Waals surface area contributed by atoms with Crippen LogP contribution in [0.2, 0.25) is 0 Å². The van der Waals surface area contributed by atoms with E-state index in [-0.39, 0.29) is 11.9 Å². The average Bonchev–Trinajstić information content (AvgIpc) is 2.85. The molecule has 0 radical (unpaired) electrons. The SMILES string of the molecule is CC(C)NC(=O)CN(C)Cc1csc(-c2cccc(Br)c2)n1. The van der Waals surface area contributed by atoms with Gasteiger partial charge in [0.1, 0.15) is 5.01 Å². The molecule has 0 bridgehead atoms. The average molecular weight is 382 g/mol. The van der Waals surface area contributed by atoms with Crippen molar-refractivity contribution in [1.29, 1.82) is 0 Å². The van der Waals surface area contributed by atoms with E-state index in [1.54, 1.807) is 11.3 Å². The standard InChI is InChI=1S/C16H20BrN3OS/c1-11(2)18-15(21)9-20(3)8-14-10-22-16(19-14)12-5-4-6-13(17)7-12/h4-7,10-11H,8-9H2,1-3H3,(H,18,21). The third kappa shape index (κ3) is 5.19. The minimum Gasteiger partial charge on any atom is -0.353 e. The lowest BCUT2D eigenvalue weighted by Crippen LogP contribution is -2.38. The molecule has 118 valence electrons. The van der Waals surface area contributed by atoms with Crippen molar-refractivity contribution in [2.75, 3.05) is 13.6 Å². The molecule has 0 atom stereocenters. The molecule has 0 aliphatic heterocycles.